The number of halogens is 3. The van der Waals surface area contributed by atoms with Crippen molar-refractivity contribution in [2.75, 3.05) is 23.7 Å². The Bertz CT molecular complexity index is 428. The standard InChI is InChI=1S/C11H14F3N3O/c12-11(13,14)7-5-9(15)10(16-6-7)17-3-1-8(18)2-4-17/h5-6,8,18H,1-4,15H2. The fourth-order valence-corrected chi connectivity index (χ4v) is 1.97. The molecule has 0 amide bonds. The third kappa shape index (κ3) is 2.66. The van der Waals surface area contributed by atoms with Gasteiger partial charge in [0.25, 0.3) is 0 Å². The minimum Gasteiger partial charge on any atom is -0.396 e. The monoisotopic (exact) mass is 261 g/mol. The van der Waals surface area contributed by atoms with Crippen LogP contribution in [-0.2, 0) is 6.18 Å². The molecule has 100 valence electrons. The van der Waals surface area contributed by atoms with Gasteiger partial charge in [-0.25, -0.2) is 4.98 Å². The number of alkyl halides is 3. The molecule has 2 heterocycles. The van der Waals surface area contributed by atoms with Crippen LogP contribution in [0.1, 0.15) is 18.4 Å². The molecule has 1 fully saturated rings. The summed E-state index contributed by atoms with van der Waals surface area (Å²) < 4.78 is 37.4. The molecule has 0 bridgehead atoms. The van der Waals surface area contributed by atoms with E-state index in [1.807, 2.05) is 0 Å². The highest BCUT2D eigenvalue weighted by Crippen LogP contribution is 2.33. The van der Waals surface area contributed by atoms with Crippen molar-refractivity contribution < 1.29 is 18.3 Å². The lowest BCUT2D eigenvalue weighted by molar-refractivity contribution is -0.137. The number of nitrogens with two attached hydrogens (primary N) is 1. The second-order valence-corrected chi connectivity index (χ2v) is 4.35. The van der Waals surface area contributed by atoms with Crippen molar-refractivity contribution in [1.82, 2.24) is 4.98 Å². The van der Waals surface area contributed by atoms with E-state index >= 15 is 0 Å². The molecule has 2 rings (SSSR count). The smallest absolute Gasteiger partial charge is 0.396 e. The molecule has 0 saturated carbocycles. The van der Waals surface area contributed by atoms with Crippen LogP contribution in [0.5, 0.6) is 0 Å². The first-order valence-electron chi connectivity index (χ1n) is 5.63. The van der Waals surface area contributed by atoms with E-state index in [1.165, 1.54) is 0 Å². The van der Waals surface area contributed by atoms with Crippen molar-refractivity contribution >= 4 is 11.5 Å². The molecule has 0 aromatic carbocycles. The Morgan fingerprint density at radius 2 is 1.94 bits per heavy atom. The van der Waals surface area contributed by atoms with Gasteiger partial charge in [-0.3, -0.25) is 0 Å². The van der Waals surface area contributed by atoms with Gasteiger partial charge in [0.15, 0.2) is 5.82 Å². The van der Waals surface area contributed by atoms with Gasteiger partial charge in [0, 0.05) is 19.3 Å². The van der Waals surface area contributed by atoms with Crippen molar-refractivity contribution in [2.24, 2.45) is 0 Å². The summed E-state index contributed by atoms with van der Waals surface area (Å²) in [5.74, 6) is 0.356. The Hall–Kier alpha value is -1.50. The molecule has 4 nitrogen and oxygen atoms in total. The molecule has 1 aliphatic heterocycles. The minimum atomic E-state index is -4.43. The van der Waals surface area contributed by atoms with E-state index < -0.39 is 11.7 Å². The topological polar surface area (TPSA) is 62.4 Å². The van der Waals surface area contributed by atoms with Crippen LogP contribution in [0.15, 0.2) is 12.3 Å². The van der Waals surface area contributed by atoms with E-state index in [4.69, 9.17) is 5.73 Å². The molecular weight excluding hydrogens is 247 g/mol. The lowest BCUT2D eigenvalue weighted by atomic mass is 10.1. The van der Waals surface area contributed by atoms with Gasteiger partial charge in [0.2, 0.25) is 0 Å². The number of aliphatic hydroxyl groups is 1. The van der Waals surface area contributed by atoms with Crippen LogP contribution in [0.3, 0.4) is 0 Å². The van der Waals surface area contributed by atoms with Gasteiger partial charge >= 0.3 is 6.18 Å². The lowest BCUT2D eigenvalue weighted by Crippen LogP contribution is -2.36. The molecule has 7 heteroatoms. The first-order chi connectivity index (χ1) is 8.38. The molecule has 3 N–H and O–H groups in total. The predicted molar refractivity (Wildman–Crippen MR) is 61.1 cm³/mol. The third-order valence-electron chi connectivity index (χ3n) is 2.99. The fraction of sp³-hybridized carbons (Fsp3) is 0.545. The molecule has 18 heavy (non-hydrogen) atoms. The molecule has 1 aromatic rings. The molecule has 0 radical (unpaired) electrons. The maximum atomic E-state index is 12.5. The summed E-state index contributed by atoms with van der Waals surface area (Å²) in [5.41, 5.74) is 4.79. The van der Waals surface area contributed by atoms with Crippen LogP contribution in [0.25, 0.3) is 0 Å². The van der Waals surface area contributed by atoms with Crippen LogP contribution in [0.2, 0.25) is 0 Å². The maximum absolute atomic E-state index is 12.5. The maximum Gasteiger partial charge on any atom is 0.417 e. The molecule has 0 unspecified atom stereocenters. The minimum absolute atomic E-state index is 0.0150. The number of pyridine rings is 1. The molecule has 1 saturated heterocycles. The molecule has 0 atom stereocenters. The summed E-state index contributed by atoms with van der Waals surface area (Å²) in [6, 6.07) is 0.896. The SMILES string of the molecule is Nc1cc(C(F)(F)F)cnc1N1CCC(O)CC1. The number of aromatic nitrogens is 1. The Kier molecular flexibility index (Phi) is 3.34. The molecule has 1 aliphatic rings. The number of anilines is 2. The van der Waals surface area contributed by atoms with Gasteiger partial charge in [0.1, 0.15) is 0 Å². The van der Waals surface area contributed by atoms with Crippen molar-refractivity contribution in [3.8, 4) is 0 Å². The molecule has 0 spiro atoms. The Balaban J connectivity index is 2.20. The molecular formula is C11H14F3N3O. The zero-order valence-corrected chi connectivity index (χ0v) is 9.61. The Labute approximate surface area is 102 Å². The van der Waals surface area contributed by atoms with E-state index in [1.54, 1.807) is 4.90 Å². The Morgan fingerprint density at radius 3 is 2.44 bits per heavy atom. The predicted octanol–water partition coefficient (Wildman–Crippen LogP) is 1.64. The van der Waals surface area contributed by atoms with Crippen molar-refractivity contribution in [1.29, 1.82) is 0 Å². The number of hydrogen-bond acceptors (Lipinski definition) is 4. The second-order valence-electron chi connectivity index (χ2n) is 4.35. The third-order valence-corrected chi connectivity index (χ3v) is 2.99. The van der Waals surface area contributed by atoms with Crippen LogP contribution in [-0.4, -0.2) is 29.3 Å². The van der Waals surface area contributed by atoms with Crippen LogP contribution >= 0.6 is 0 Å². The number of piperidine rings is 1. The molecule has 1 aromatic heterocycles. The summed E-state index contributed by atoms with van der Waals surface area (Å²) in [6.45, 7) is 1.09. The largest absolute Gasteiger partial charge is 0.417 e. The van der Waals surface area contributed by atoms with E-state index in [2.05, 4.69) is 4.98 Å². The number of nitrogen functional groups attached to an aromatic ring is 1. The van der Waals surface area contributed by atoms with Gasteiger partial charge in [-0.05, 0) is 18.9 Å². The first kappa shape index (κ1) is 12.9. The van der Waals surface area contributed by atoms with Crippen LogP contribution in [0, 0.1) is 0 Å². The number of nitrogens with zero attached hydrogens (tertiary/aromatic N) is 2. The van der Waals surface area contributed by atoms with Crippen molar-refractivity contribution in [2.45, 2.75) is 25.1 Å². The number of hydrogen-bond donors (Lipinski definition) is 2. The summed E-state index contributed by atoms with van der Waals surface area (Å²) >= 11 is 0. The first-order valence-corrected chi connectivity index (χ1v) is 5.63. The highest BCUT2D eigenvalue weighted by Gasteiger charge is 2.32. The fourth-order valence-electron chi connectivity index (χ4n) is 1.97. The summed E-state index contributed by atoms with van der Waals surface area (Å²) in [6.07, 6.45) is -2.85. The highest BCUT2D eigenvalue weighted by atomic mass is 19.4. The second kappa shape index (κ2) is 4.64. The lowest BCUT2D eigenvalue weighted by Gasteiger charge is -2.31. The molecule has 0 aliphatic carbocycles. The average Bonchev–Trinajstić information content (AvgIpc) is 2.29. The summed E-state index contributed by atoms with van der Waals surface area (Å²) in [5, 5.41) is 9.37. The quantitative estimate of drug-likeness (QED) is 0.806. The zero-order chi connectivity index (χ0) is 13.3. The van der Waals surface area contributed by atoms with E-state index in [9.17, 15) is 18.3 Å². The van der Waals surface area contributed by atoms with Gasteiger partial charge < -0.3 is 15.7 Å². The average molecular weight is 261 g/mol. The highest BCUT2D eigenvalue weighted by molar-refractivity contribution is 5.63. The number of aliphatic hydroxyl groups excluding tert-OH is 1. The van der Waals surface area contributed by atoms with E-state index in [0.717, 1.165) is 12.3 Å². The van der Waals surface area contributed by atoms with Crippen LogP contribution < -0.4 is 10.6 Å². The van der Waals surface area contributed by atoms with E-state index in [-0.39, 0.29) is 11.8 Å². The number of rotatable bonds is 1. The normalized spacial score (nSPS) is 18.1. The van der Waals surface area contributed by atoms with Crippen molar-refractivity contribution in [3.05, 3.63) is 17.8 Å². The van der Waals surface area contributed by atoms with E-state index in [0.29, 0.717) is 31.7 Å². The summed E-state index contributed by atoms with van der Waals surface area (Å²) in [7, 11) is 0. The zero-order valence-electron chi connectivity index (χ0n) is 9.61. The van der Waals surface area contributed by atoms with Crippen LogP contribution in [0.4, 0.5) is 24.7 Å². The Morgan fingerprint density at radius 1 is 1.33 bits per heavy atom. The van der Waals surface area contributed by atoms with Gasteiger partial charge in [-0.15, -0.1) is 0 Å². The van der Waals surface area contributed by atoms with Crippen molar-refractivity contribution in [3.63, 3.8) is 0 Å². The van der Waals surface area contributed by atoms with Gasteiger partial charge in [-0.1, -0.05) is 0 Å². The van der Waals surface area contributed by atoms with Gasteiger partial charge in [0.05, 0.1) is 17.4 Å². The summed E-state index contributed by atoms with van der Waals surface area (Å²) in [4.78, 5) is 5.59. The van der Waals surface area contributed by atoms with Gasteiger partial charge in [-0.2, -0.15) is 13.2 Å².